The lowest BCUT2D eigenvalue weighted by atomic mass is 10.3. The largest absolute Gasteiger partial charge is 0.356 e. The third kappa shape index (κ3) is 4.14. The highest BCUT2D eigenvalue weighted by Crippen LogP contribution is 2.18. The molecule has 0 fully saturated rings. The van der Waals surface area contributed by atoms with Crippen LogP contribution in [0.15, 0.2) is 22.9 Å². The van der Waals surface area contributed by atoms with Crippen LogP contribution in [-0.2, 0) is 11.2 Å². The van der Waals surface area contributed by atoms with Crippen molar-refractivity contribution in [3.05, 3.63) is 33.5 Å². The van der Waals surface area contributed by atoms with Gasteiger partial charge in [-0.05, 0) is 17.9 Å². The molecule has 0 spiro atoms. The van der Waals surface area contributed by atoms with E-state index in [0.717, 1.165) is 6.42 Å². The molecule has 0 saturated carbocycles. The summed E-state index contributed by atoms with van der Waals surface area (Å²) >= 11 is 2.70. The Labute approximate surface area is 125 Å². The van der Waals surface area contributed by atoms with Gasteiger partial charge in [-0.3, -0.25) is 14.9 Å². The van der Waals surface area contributed by atoms with Crippen LogP contribution >= 0.6 is 22.7 Å². The van der Waals surface area contributed by atoms with Crippen LogP contribution in [0.3, 0.4) is 0 Å². The van der Waals surface area contributed by atoms with E-state index in [0.29, 0.717) is 22.2 Å². The summed E-state index contributed by atoms with van der Waals surface area (Å²) in [5.41, 5.74) is 0.671. The van der Waals surface area contributed by atoms with E-state index in [9.17, 15) is 9.59 Å². The van der Waals surface area contributed by atoms with E-state index in [1.54, 1.807) is 11.4 Å². The van der Waals surface area contributed by atoms with Crippen LogP contribution in [0, 0.1) is 0 Å². The Morgan fingerprint density at radius 2 is 2.20 bits per heavy atom. The van der Waals surface area contributed by atoms with Crippen LogP contribution in [-0.4, -0.2) is 23.3 Å². The number of thiazole rings is 1. The van der Waals surface area contributed by atoms with Crippen LogP contribution < -0.4 is 10.6 Å². The number of carbonyl (C=O) groups excluding carboxylic acids is 2. The number of rotatable bonds is 6. The van der Waals surface area contributed by atoms with Crippen LogP contribution in [0.5, 0.6) is 0 Å². The molecular formula is C13H15N3O2S2. The van der Waals surface area contributed by atoms with Crippen LogP contribution in [0.4, 0.5) is 5.13 Å². The second-order valence-corrected chi connectivity index (χ2v) is 5.91. The van der Waals surface area contributed by atoms with Gasteiger partial charge in [0, 0.05) is 11.9 Å². The third-order valence-electron chi connectivity index (χ3n) is 2.43. The van der Waals surface area contributed by atoms with Gasteiger partial charge in [-0.15, -0.1) is 22.7 Å². The van der Waals surface area contributed by atoms with E-state index in [-0.39, 0.29) is 18.2 Å². The van der Waals surface area contributed by atoms with Gasteiger partial charge < -0.3 is 5.32 Å². The Hall–Kier alpha value is -1.73. The van der Waals surface area contributed by atoms with Crippen molar-refractivity contribution in [1.29, 1.82) is 0 Å². The van der Waals surface area contributed by atoms with Crippen molar-refractivity contribution in [2.45, 2.75) is 19.8 Å². The maximum absolute atomic E-state index is 11.8. The minimum atomic E-state index is -0.170. The molecule has 106 valence electrons. The summed E-state index contributed by atoms with van der Waals surface area (Å²) in [4.78, 5) is 28.3. The molecule has 0 aliphatic heterocycles. The zero-order valence-electron chi connectivity index (χ0n) is 11.0. The fraction of sp³-hybridized carbons (Fsp3) is 0.308. The molecular weight excluding hydrogens is 294 g/mol. The fourth-order valence-corrected chi connectivity index (χ4v) is 2.83. The first-order valence-corrected chi connectivity index (χ1v) is 8.01. The maximum Gasteiger partial charge on any atom is 0.267 e. The molecule has 2 heterocycles. The van der Waals surface area contributed by atoms with Gasteiger partial charge in [0.1, 0.15) is 0 Å². The lowest BCUT2D eigenvalue weighted by Gasteiger charge is -2.00. The first-order valence-electron chi connectivity index (χ1n) is 6.25. The number of hydrogen-bond donors (Lipinski definition) is 2. The Bertz CT molecular complexity index is 578. The van der Waals surface area contributed by atoms with Crippen LogP contribution in [0.2, 0.25) is 0 Å². The van der Waals surface area contributed by atoms with Gasteiger partial charge in [0.25, 0.3) is 5.91 Å². The molecule has 2 rings (SSSR count). The number of aromatic nitrogens is 1. The molecule has 2 aromatic heterocycles. The lowest BCUT2D eigenvalue weighted by molar-refractivity contribution is -0.120. The highest BCUT2D eigenvalue weighted by molar-refractivity contribution is 7.14. The molecule has 2 aromatic rings. The molecule has 20 heavy (non-hydrogen) atoms. The first-order chi connectivity index (χ1) is 9.69. The van der Waals surface area contributed by atoms with Crippen molar-refractivity contribution in [2.75, 3.05) is 11.9 Å². The predicted octanol–water partition coefficient (Wildman–Crippen LogP) is 2.53. The van der Waals surface area contributed by atoms with Gasteiger partial charge >= 0.3 is 0 Å². The molecule has 0 unspecified atom stereocenters. The average Bonchev–Trinajstić information content (AvgIpc) is 3.08. The summed E-state index contributed by atoms with van der Waals surface area (Å²) in [6, 6.07) is 3.58. The van der Waals surface area contributed by atoms with Crippen LogP contribution in [0.25, 0.3) is 0 Å². The molecule has 5 nitrogen and oxygen atoms in total. The van der Waals surface area contributed by atoms with E-state index >= 15 is 0 Å². The van der Waals surface area contributed by atoms with Gasteiger partial charge in [0.15, 0.2) is 5.13 Å². The highest BCUT2D eigenvalue weighted by atomic mass is 32.1. The summed E-state index contributed by atoms with van der Waals surface area (Å²) in [6.45, 7) is 2.67. The van der Waals surface area contributed by atoms with E-state index < -0.39 is 0 Å². The SMILES string of the molecule is CCCNC(=O)Cc1csc(NC(=O)c2cccs2)n1. The number of hydrogen-bond acceptors (Lipinski definition) is 5. The van der Waals surface area contributed by atoms with Crippen molar-refractivity contribution in [1.82, 2.24) is 10.3 Å². The predicted molar refractivity (Wildman–Crippen MR) is 81.4 cm³/mol. The van der Waals surface area contributed by atoms with Crippen molar-refractivity contribution in [3.8, 4) is 0 Å². The van der Waals surface area contributed by atoms with Crippen molar-refractivity contribution in [2.24, 2.45) is 0 Å². The smallest absolute Gasteiger partial charge is 0.267 e. The molecule has 0 aliphatic carbocycles. The van der Waals surface area contributed by atoms with Crippen molar-refractivity contribution >= 4 is 39.6 Å². The number of nitrogens with one attached hydrogen (secondary N) is 2. The summed E-state index contributed by atoms with van der Waals surface area (Å²) in [5, 5.41) is 9.67. The minimum Gasteiger partial charge on any atom is -0.356 e. The van der Waals surface area contributed by atoms with Crippen molar-refractivity contribution in [3.63, 3.8) is 0 Å². The normalized spacial score (nSPS) is 10.2. The van der Waals surface area contributed by atoms with Gasteiger partial charge in [0.2, 0.25) is 5.91 Å². The first kappa shape index (κ1) is 14.7. The molecule has 0 saturated heterocycles. The van der Waals surface area contributed by atoms with Gasteiger partial charge in [0.05, 0.1) is 17.0 Å². The molecule has 0 bridgehead atoms. The number of anilines is 1. The zero-order chi connectivity index (χ0) is 14.4. The van der Waals surface area contributed by atoms with E-state index in [1.165, 1.54) is 22.7 Å². The fourth-order valence-electron chi connectivity index (χ4n) is 1.50. The molecule has 0 radical (unpaired) electrons. The Kier molecular flexibility index (Phi) is 5.25. The monoisotopic (exact) mass is 309 g/mol. The summed E-state index contributed by atoms with van der Waals surface area (Å²) in [6.07, 6.45) is 1.15. The molecule has 2 amide bonds. The quantitative estimate of drug-likeness (QED) is 0.861. The van der Waals surface area contributed by atoms with Crippen LogP contribution in [0.1, 0.15) is 28.7 Å². The Balaban J connectivity index is 1.89. The number of amides is 2. The average molecular weight is 309 g/mol. The molecule has 0 atom stereocenters. The van der Waals surface area contributed by atoms with Crippen molar-refractivity contribution < 1.29 is 9.59 Å². The highest BCUT2D eigenvalue weighted by Gasteiger charge is 2.11. The van der Waals surface area contributed by atoms with Gasteiger partial charge in [-0.25, -0.2) is 4.98 Å². The van der Waals surface area contributed by atoms with E-state index in [4.69, 9.17) is 0 Å². The van der Waals surface area contributed by atoms with Gasteiger partial charge in [-0.1, -0.05) is 13.0 Å². The second-order valence-electron chi connectivity index (χ2n) is 4.10. The second kappa shape index (κ2) is 7.16. The maximum atomic E-state index is 11.8. The Morgan fingerprint density at radius 1 is 1.35 bits per heavy atom. The molecule has 2 N–H and O–H groups in total. The van der Waals surface area contributed by atoms with E-state index in [2.05, 4.69) is 15.6 Å². The summed E-state index contributed by atoms with van der Waals surface area (Å²) < 4.78 is 0. The summed E-state index contributed by atoms with van der Waals surface area (Å²) in [7, 11) is 0. The number of thiophene rings is 1. The minimum absolute atomic E-state index is 0.0479. The topological polar surface area (TPSA) is 71.1 Å². The number of carbonyl (C=O) groups is 2. The van der Waals surface area contributed by atoms with E-state index in [1.807, 2.05) is 18.4 Å². The molecule has 0 aromatic carbocycles. The standard InChI is InChI=1S/C13H15N3O2S2/c1-2-5-14-11(17)7-9-8-20-13(15-9)16-12(18)10-4-3-6-19-10/h3-4,6,8H,2,5,7H2,1H3,(H,14,17)(H,15,16,18). The van der Waals surface area contributed by atoms with Gasteiger partial charge in [-0.2, -0.15) is 0 Å². The molecule has 7 heteroatoms. The third-order valence-corrected chi connectivity index (χ3v) is 4.11. The Morgan fingerprint density at radius 3 is 2.90 bits per heavy atom. The molecule has 0 aliphatic rings. The zero-order valence-corrected chi connectivity index (χ0v) is 12.6. The summed E-state index contributed by atoms with van der Waals surface area (Å²) in [5.74, 6) is -0.218. The lowest BCUT2D eigenvalue weighted by Crippen LogP contribution is -2.25. The number of nitrogens with zero attached hydrogens (tertiary/aromatic N) is 1.